The van der Waals surface area contributed by atoms with Gasteiger partial charge in [-0.15, -0.1) is 0 Å². The van der Waals surface area contributed by atoms with Crippen molar-refractivity contribution in [3.63, 3.8) is 0 Å². The highest BCUT2D eigenvalue weighted by atomic mass is 33.1. The number of esters is 4. The number of unbranched alkanes of at least 4 members (excludes halogenated alkanes) is 14. The first-order valence-electron chi connectivity index (χ1n) is 22.0. The molecule has 0 aliphatic carbocycles. The third-order valence-electron chi connectivity index (χ3n) is 9.81. The molecule has 18 nitrogen and oxygen atoms in total. The average Bonchev–Trinajstić information content (AvgIpc) is 3.28. The van der Waals surface area contributed by atoms with Crippen LogP contribution < -0.4 is 22.9 Å². The van der Waals surface area contributed by atoms with Crippen LogP contribution in [0.25, 0.3) is 0 Å². The summed E-state index contributed by atoms with van der Waals surface area (Å²) in [7, 11) is 5.74. The number of ether oxygens (including phenoxy) is 6. The lowest BCUT2D eigenvalue weighted by molar-refractivity contribution is -0.238. The van der Waals surface area contributed by atoms with Crippen LogP contribution in [-0.4, -0.2) is 155 Å². The molecule has 2 saturated heterocycles. The Morgan fingerprint density at radius 3 is 1.35 bits per heavy atom. The fourth-order valence-electron chi connectivity index (χ4n) is 6.29. The summed E-state index contributed by atoms with van der Waals surface area (Å²) in [4.78, 5) is 48.3. The highest BCUT2D eigenvalue weighted by Crippen LogP contribution is 2.40. The van der Waals surface area contributed by atoms with Gasteiger partial charge in [0.1, 0.15) is 42.6 Å². The van der Waals surface area contributed by atoms with Crippen molar-refractivity contribution in [1.29, 1.82) is 0 Å². The SMILES string of the molecule is CCCCCCCCCCSSC1O[C@H](CO)[C@@H](O)[C@H](O)[C@H]1O.CCCCCCCCCCSSC1O[C@H](COC(=O)CN)[C@@H](OC(=O)CN)[C@H](OC(=O)CN)[C@H]1OC(=O)CN. The molecule has 12 N–H and O–H groups in total. The Hall–Kier alpha value is -1.12. The highest BCUT2D eigenvalue weighted by Gasteiger charge is 2.53. The van der Waals surface area contributed by atoms with Crippen molar-refractivity contribution in [3.8, 4) is 0 Å². The number of nitrogens with two attached hydrogens (primary N) is 4. The molecule has 0 saturated carbocycles. The monoisotopic (exact) mass is 964 g/mol. The van der Waals surface area contributed by atoms with E-state index in [4.69, 9.17) is 56.5 Å². The second kappa shape index (κ2) is 37.0. The van der Waals surface area contributed by atoms with Crippen molar-refractivity contribution in [2.75, 3.05) is 50.9 Å². The van der Waals surface area contributed by atoms with Gasteiger partial charge in [0.05, 0.1) is 32.8 Å². The summed E-state index contributed by atoms with van der Waals surface area (Å²) < 4.78 is 33.1. The second-order valence-electron chi connectivity index (χ2n) is 14.9. The Kier molecular flexibility index (Phi) is 35.2. The topological polar surface area (TPSA) is 309 Å². The van der Waals surface area contributed by atoms with Crippen LogP contribution in [-0.2, 0) is 47.6 Å². The van der Waals surface area contributed by atoms with E-state index in [2.05, 4.69) is 13.8 Å². The van der Waals surface area contributed by atoms with Crippen molar-refractivity contribution in [2.45, 2.75) is 176 Å². The maximum Gasteiger partial charge on any atom is 0.320 e. The molecule has 0 bridgehead atoms. The number of carbonyl (C=O) groups excluding carboxylic acids is 4. The molecule has 2 heterocycles. The van der Waals surface area contributed by atoms with Gasteiger partial charge in [0.25, 0.3) is 0 Å². The van der Waals surface area contributed by atoms with Gasteiger partial charge in [0, 0.05) is 11.5 Å². The maximum atomic E-state index is 12.2. The van der Waals surface area contributed by atoms with E-state index in [0.717, 1.165) is 37.2 Å². The summed E-state index contributed by atoms with van der Waals surface area (Å²) in [6, 6.07) is 0. The Morgan fingerprint density at radius 1 is 0.500 bits per heavy atom. The van der Waals surface area contributed by atoms with Crippen molar-refractivity contribution in [3.05, 3.63) is 0 Å². The van der Waals surface area contributed by atoms with Crippen LogP contribution in [0.15, 0.2) is 0 Å². The van der Waals surface area contributed by atoms with Gasteiger partial charge in [-0.1, -0.05) is 147 Å². The maximum absolute atomic E-state index is 12.2. The summed E-state index contributed by atoms with van der Waals surface area (Å²) in [6.45, 7) is 1.89. The molecule has 2 aliphatic rings. The molecule has 2 unspecified atom stereocenters. The third kappa shape index (κ3) is 24.4. The summed E-state index contributed by atoms with van der Waals surface area (Å²) in [5.74, 6) is -1.42. The first-order valence-corrected chi connectivity index (χ1v) is 26.8. The van der Waals surface area contributed by atoms with E-state index >= 15 is 0 Å². The quantitative estimate of drug-likeness (QED) is 0.0208. The van der Waals surface area contributed by atoms with Crippen LogP contribution in [0.5, 0.6) is 0 Å². The lowest BCUT2D eigenvalue weighted by Crippen LogP contribution is -2.62. The number of aliphatic hydroxyl groups is 4. The predicted octanol–water partition coefficient (Wildman–Crippen LogP) is 2.66. The Bertz CT molecular complexity index is 1210. The minimum absolute atomic E-state index is 0.369. The zero-order valence-corrected chi connectivity index (χ0v) is 39.8. The molecule has 0 aromatic rings. The molecular weight excluding hydrogens is 889 g/mol. The van der Waals surface area contributed by atoms with Crippen molar-refractivity contribution in [1.82, 2.24) is 0 Å². The Balaban J connectivity index is 0.000000708. The van der Waals surface area contributed by atoms with Crippen LogP contribution in [0.2, 0.25) is 0 Å². The molecule has 0 aromatic carbocycles. The van der Waals surface area contributed by atoms with E-state index in [9.17, 15) is 34.5 Å². The van der Waals surface area contributed by atoms with Crippen LogP contribution in [0, 0.1) is 0 Å². The standard InChI is InChI=1S/C24H44N4O9S2.C16H32O5S2/c1-2-3-4-5-6-7-8-9-10-38-39-24-23(37-20(32)14-28)22(36-19(31)13-27)21(35-18(30)12-26)16(34-24)15-33-17(29)11-25;1-2-3-4-5-6-7-8-9-10-22-23-16-15(20)14(19)13(18)12(11-17)21-16/h16,21-24H,2-15,25-28H2,1H3;12-20H,2-11H2,1H3/t16-,21-,22+,23-,24?;12-,13-,14+,15-,16?/m11/s1. The van der Waals surface area contributed by atoms with Gasteiger partial charge in [-0.3, -0.25) is 19.2 Å². The van der Waals surface area contributed by atoms with Crippen LogP contribution in [0.1, 0.15) is 117 Å². The van der Waals surface area contributed by atoms with Crippen molar-refractivity contribution >= 4 is 67.1 Å². The zero-order valence-electron chi connectivity index (χ0n) is 36.6. The highest BCUT2D eigenvalue weighted by molar-refractivity contribution is 8.77. The summed E-state index contributed by atoms with van der Waals surface area (Å²) in [5.41, 5.74) is 20.1. The van der Waals surface area contributed by atoms with Crippen molar-refractivity contribution in [2.24, 2.45) is 22.9 Å². The molecule has 2 fully saturated rings. The molecular formula is C40H76N4O14S4. The Labute approximate surface area is 383 Å². The zero-order chi connectivity index (χ0) is 46.1. The normalized spacial score (nSPS) is 25.9. The van der Waals surface area contributed by atoms with E-state index in [1.54, 1.807) is 10.8 Å². The van der Waals surface area contributed by atoms with Gasteiger partial charge < -0.3 is 71.8 Å². The molecule has 2 aliphatic heterocycles. The van der Waals surface area contributed by atoms with E-state index in [1.165, 1.54) is 109 Å². The smallest absolute Gasteiger partial charge is 0.320 e. The fourth-order valence-corrected chi connectivity index (χ4v) is 11.4. The van der Waals surface area contributed by atoms with Gasteiger partial charge in [-0.25, -0.2) is 0 Å². The molecule has 2 rings (SSSR count). The number of hydrogen-bond donors (Lipinski definition) is 8. The number of aliphatic hydroxyl groups excluding tert-OH is 4. The minimum Gasteiger partial charge on any atom is -0.462 e. The van der Waals surface area contributed by atoms with Gasteiger partial charge in [-0.05, 0) is 12.8 Å². The van der Waals surface area contributed by atoms with Gasteiger partial charge in [0.15, 0.2) is 23.7 Å². The molecule has 62 heavy (non-hydrogen) atoms. The fraction of sp³-hybridized carbons (Fsp3) is 0.900. The molecule has 0 amide bonds. The third-order valence-corrected chi connectivity index (χ3v) is 15.1. The minimum atomic E-state index is -1.33. The van der Waals surface area contributed by atoms with E-state index in [0.29, 0.717) is 0 Å². The second-order valence-corrected chi connectivity index (χ2v) is 20.1. The van der Waals surface area contributed by atoms with Crippen molar-refractivity contribution < 1.29 is 68.0 Å². The molecule has 22 heteroatoms. The predicted molar refractivity (Wildman–Crippen MR) is 245 cm³/mol. The van der Waals surface area contributed by atoms with Crippen LogP contribution in [0.4, 0.5) is 0 Å². The van der Waals surface area contributed by atoms with Gasteiger partial charge >= 0.3 is 23.9 Å². The van der Waals surface area contributed by atoms with E-state index in [-0.39, 0.29) is 19.8 Å². The van der Waals surface area contributed by atoms with Gasteiger partial charge in [0.2, 0.25) is 0 Å². The summed E-state index contributed by atoms with van der Waals surface area (Å²) >= 11 is 0. The number of rotatable bonds is 32. The van der Waals surface area contributed by atoms with Crippen LogP contribution >= 0.6 is 43.2 Å². The average molecular weight is 965 g/mol. The summed E-state index contributed by atoms with van der Waals surface area (Å²) in [6.07, 6.45) is 10.2. The lowest BCUT2D eigenvalue weighted by Gasteiger charge is -2.44. The van der Waals surface area contributed by atoms with Crippen LogP contribution in [0.3, 0.4) is 0 Å². The summed E-state index contributed by atoms with van der Waals surface area (Å²) in [5, 5.41) is 38.5. The first kappa shape index (κ1) is 58.9. The molecule has 0 radical (unpaired) electrons. The first-order chi connectivity index (χ1) is 29.9. The number of carbonyl (C=O) groups is 4. The molecule has 10 atom stereocenters. The van der Waals surface area contributed by atoms with E-state index in [1.807, 2.05) is 0 Å². The lowest BCUT2D eigenvalue weighted by atomic mass is 9.99. The molecule has 0 aromatic heterocycles. The molecule has 364 valence electrons. The van der Waals surface area contributed by atoms with E-state index < -0.39 is 103 Å². The largest absolute Gasteiger partial charge is 0.462 e. The van der Waals surface area contributed by atoms with Gasteiger partial charge in [-0.2, -0.15) is 0 Å². The molecule has 0 spiro atoms. The Morgan fingerprint density at radius 2 is 0.903 bits per heavy atom. The number of hydrogen-bond acceptors (Lipinski definition) is 22.